The molecule has 0 bridgehead atoms. The summed E-state index contributed by atoms with van der Waals surface area (Å²) >= 11 is 12.8. The molecule has 4 amide bonds. The molecule has 0 spiro atoms. The van der Waals surface area contributed by atoms with Gasteiger partial charge in [-0.05, 0) is 72.4 Å². The number of carbonyl (C=O) groups is 4. The number of carbonyl (C=O) groups excluding carboxylic acids is 4. The van der Waals surface area contributed by atoms with Crippen LogP contribution in [0.1, 0.15) is 35.4 Å². The van der Waals surface area contributed by atoms with Gasteiger partial charge in [-0.15, -0.1) is 0 Å². The zero-order chi connectivity index (χ0) is 42.7. The molecule has 2 aliphatic heterocycles. The number of fused-ring (bicyclic) bond motifs is 4. The van der Waals surface area contributed by atoms with Gasteiger partial charge in [0.2, 0.25) is 11.8 Å². The monoisotopic (exact) mass is 858 g/mol. The molecule has 308 valence electrons. The van der Waals surface area contributed by atoms with Gasteiger partial charge in [0.25, 0.3) is 17.5 Å². The van der Waals surface area contributed by atoms with E-state index in [0.29, 0.717) is 33.2 Å². The number of halogens is 2. The molecule has 0 radical (unpaired) electrons. The first-order valence-corrected chi connectivity index (χ1v) is 20.2. The van der Waals surface area contributed by atoms with Crippen molar-refractivity contribution in [3.8, 4) is 17.2 Å². The molecule has 9 rings (SSSR count). The first kappa shape index (κ1) is 39.7. The predicted octanol–water partition coefficient (Wildman–Crippen LogP) is 8.38. The molecule has 2 heterocycles. The van der Waals surface area contributed by atoms with Crippen LogP contribution in [0.3, 0.4) is 0 Å². The van der Waals surface area contributed by atoms with Gasteiger partial charge < -0.3 is 14.6 Å². The van der Waals surface area contributed by atoms with E-state index in [9.17, 15) is 24.8 Å². The number of benzene rings is 5. The molecular formula is C46H36Cl2N4O9. The van der Waals surface area contributed by atoms with Crippen molar-refractivity contribution in [2.75, 3.05) is 17.4 Å². The third-order valence-electron chi connectivity index (χ3n) is 12.4. The Balaban J connectivity index is 1.21. The average molecular weight is 860 g/mol. The maximum absolute atomic E-state index is 15.6. The Morgan fingerprint density at radius 2 is 1.61 bits per heavy atom. The molecule has 4 aliphatic rings. The molecule has 5 aromatic carbocycles. The minimum absolute atomic E-state index is 0.0343. The number of amides is 4. The van der Waals surface area contributed by atoms with Crippen molar-refractivity contribution in [1.82, 2.24) is 5.01 Å². The number of rotatable bonds is 10. The normalized spacial score (nSPS) is 24.2. The van der Waals surface area contributed by atoms with Gasteiger partial charge in [-0.1, -0.05) is 89.4 Å². The highest BCUT2D eigenvalue weighted by Crippen LogP contribution is 2.65. The van der Waals surface area contributed by atoms with Crippen LogP contribution in [0.4, 0.5) is 17.1 Å². The van der Waals surface area contributed by atoms with E-state index in [0.717, 1.165) is 15.5 Å². The fraction of sp³-hybridized carbons (Fsp3) is 0.217. The van der Waals surface area contributed by atoms with Gasteiger partial charge in [0.15, 0.2) is 0 Å². The third kappa shape index (κ3) is 6.46. The summed E-state index contributed by atoms with van der Waals surface area (Å²) in [7, 11) is 1.51. The minimum atomic E-state index is -1.72. The second-order valence-corrected chi connectivity index (χ2v) is 16.3. The molecule has 5 aromatic rings. The standard InChI is InChI=1S/C46H36Cl2N4O9/c1-60-30-13-10-26(11-14-30)46-36(43(55)51(45(46)57)49-38-19-12-27(47)20-37(38)48)23-35-32(41(46)33-16-15-31(22-39(33)53)61-24-25-6-3-2-4-7-25)17-18-34-40(35)44(56)50(42(34)54)28-8-5-9-29(21-28)52(58)59/h2-17,19-22,34-36,40-41,49,53H,18,23-24H2,1H3. The topological polar surface area (TPSA) is 169 Å². The molecule has 6 atom stereocenters. The quantitative estimate of drug-likeness (QED) is 0.0602. The summed E-state index contributed by atoms with van der Waals surface area (Å²) in [5.74, 6) is -6.55. The number of nitro groups is 1. The molecule has 2 saturated heterocycles. The van der Waals surface area contributed by atoms with E-state index >= 15 is 9.59 Å². The summed E-state index contributed by atoms with van der Waals surface area (Å²) in [6.07, 6.45) is 1.91. The highest BCUT2D eigenvalue weighted by molar-refractivity contribution is 6.36. The zero-order valence-electron chi connectivity index (χ0n) is 32.4. The molecule has 1 saturated carbocycles. The Labute approximate surface area is 359 Å². The largest absolute Gasteiger partial charge is 0.508 e. The number of methoxy groups -OCH3 is 1. The van der Waals surface area contributed by atoms with Gasteiger partial charge in [-0.3, -0.25) is 34.7 Å². The van der Waals surface area contributed by atoms with E-state index in [1.807, 2.05) is 36.4 Å². The Morgan fingerprint density at radius 1 is 0.852 bits per heavy atom. The second kappa shape index (κ2) is 15.4. The number of phenols is 1. The molecule has 0 aromatic heterocycles. The maximum atomic E-state index is 15.6. The number of non-ortho nitro benzene ring substituents is 1. The first-order valence-electron chi connectivity index (χ1n) is 19.5. The number of hydrogen-bond acceptors (Lipinski definition) is 10. The number of imide groups is 2. The van der Waals surface area contributed by atoms with Crippen LogP contribution in [0.2, 0.25) is 10.0 Å². The second-order valence-electron chi connectivity index (χ2n) is 15.5. The number of nitrogens with zero attached hydrogens (tertiary/aromatic N) is 3. The average Bonchev–Trinajstić information content (AvgIpc) is 3.64. The lowest BCUT2D eigenvalue weighted by Crippen LogP contribution is -2.53. The smallest absolute Gasteiger partial charge is 0.271 e. The Kier molecular flexibility index (Phi) is 10.0. The van der Waals surface area contributed by atoms with Crippen LogP contribution in [0.5, 0.6) is 17.2 Å². The van der Waals surface area contributed by atoms with Gasteiger partial charge in [0.05, 0.1) is 51.6 Å². The molecule has 2 N–H and O–H groups in total. The van der Waals surface area contributed by atoms with Crippen molar-refractivity contribution in [1.29, 1.82) is 0 Å². The van der Waals surface area contributed by atoms with Gasteiger partial charge in [-0.2, -0.15) is 5.01 Å². The summed E-state index contributed by atoms with van der Waals surface area (Å²) in [6.45, 7) is 0.218. The number of allylic oxidation sites excluding steroid dienone is 2. The third-order valence-corrected chi connectivity index (χ3v) is 13.0. The van der Waals surface area contributed by atoms with E-state index in [2.05, 4.69) is 5.43 Å². The van der Waals surface area contributed by atoms with Crippen molar-refractivity contribution >= 4 is 63.9 Å². The van der Waals surface area contributed by atoms with Crippen LogP contribution in [0, 0.1) is 33.8 Å². The van der Waals surface area contributed by atoms with Gasteiger partial charge >= 0.3 is 0 Å². The van der Waals surface area contributed by atoms with Crippen molar-refractivity contribution in [3.63, 3.8) is 0 Å². The van der Waals surface area contributed by atoms with Crippen LogP contribution < -0.4 is 19.8 Å². The Bertz CT molecular complexity index is 2680. The highest BCUT2D eigenvalue weighted by Gasteiger charge is 2.70. The van der Waals surface area contributed by atoms with E-state index in [1.165, 1.54) is 43.5 Å². The summed E-state index contributed by atoms with van der Waals surface area (Å²) in [5, 5.41) is 25.2. The van der Waals surface area contributed by atoms with Crippen molar-refractivity contribution in [3.05, 3.63) is 164 Å². The molecule has 3 fully saturated rings. The Morgan fingerprint density at radius 3 is 2.31 bits per heavy atom. The van der Waals surface area contributed by atoms with Crippen molar-refractivity contribution in [2.45, 2.75) is 30.8 Å². The maximum Gasteiger partial charge on any atom is 0.271 e. The summed E-state index contributed by atoms with van der Waals surface area (Å²) in [6, 6.07) is 31.0. The minimum Gasteiger partial charge on any atom is -0.508 e. The van der Waals surface area contributed by atoms with E-state index in [1.54, 1.807) is 48.5 Å². The van der Waals surface area contributed by atoms with Crippen LogP contribution in [-0.4, -0.2) is 45.8 Å². The summed E-state index contributed by atoms with van der Waals surface area (Å²) in [5.41, 5.74) is 3.48. The number of hydrazine groups is 1. The Hall–Kier alpha value is -6.70. The van der Waals surface area contributed by atoms with Crippen molar-refractivity contribution < 1.29 is 38.7 Å². The number of hydrogen-bond donors (Lipinski definition) is 2. The van der Waals surface area contributed by atoms with Gasteiger partial charge in [0, 0.05) is 34.7 Å². The van der Waals surface area contributed by atoms with Crippen LogP contribution in [-0.2, 0) is 31.2 Å². The van der Waals surface area contributed by atoms with Crippen molar-refractivity contribution in [2.24, 2.45) is 23.7 Å². The lowest BCUT2D eigenvalue weighted by Gasteiger charge is -2.50. The lowest BCUT2D eigenvalue weighted by molar-refractivity contribution is -0.384. The fourth-order valence-electron chi connectivity index (χ4n) is 9.79. The number of phenolic OH excluding ortho intramolecular Hbond substituents is 1. The number of ether oxygens (including phenoxy) is 2. The molecule has 15 heteroatoms. The van der Waals surface area contributed by atoms with E-state index in [-0.39, 0.29) is 47.3 Å². The summed E-state index contributed by atoms with van der Waals surface area (Å²) < 4.78 is 11.5. The first-order chi connectivity index (χ1) is 29.4. The van der Waals surface area contributed by atoms with Crippen LogP contribution in [0.15, 0.2) is 127 Å². The molecule has 6 unspecified atom stereocenters. The van der Waals surface area contributed by atoms with Gasteiger partial charge in [0.1, 0.15) is 23.9 Å². The fourth-order valence-corrected chi connectivity index (χ4v) is 10.2. The van der Waals surface area contributed by atoms with Crippen LogP contribution >= 0.6 is 23.2 Å². The zero-order valence-corrected chi connectivity index (χ0v) is 33.9. The molecule has 13 nitrogen and oxygen atoms in total. The predicted molar refractivity (Wildman–Crippen MR) is 225 cm³/mol. The molecule has 2 aliphatic carbocycles. The lowest BCUT2D eigenvalue weighted by atomic mass is 9.49. The highest BCUT2D eigenvalue weighted by atomic mass is 35.5. The number of nitrogens with one attached hydrogen (secondary N) is 1. The van der Waals surface area contributed by atoms with Crippen LogP contribution in [0.25, 0.3) is 0 Å². The number of nitro benzene ring substituents is 1. The summed E-state index contributed by atoms with van der Waals surface area (Å²) in [4.78, 5) is 71.7. The van der Waals surface area contributed by atoms with E-state index in [4.69, 9.17) is 32.7 Å². The molecular weight excluding hydrogens is 823 g/mol. The molecule has 61 heavy (non-hydrogen) atoms. The SMILES string of the molecule is COc1ccc(C23C(=O)N(Nc4ccc(Cl)cc4Cl)C(=O)C2CC2C(=CCC4C(=O)N(c5cccc([N+](=O)[O-])c5)C(=O)C42)C3c2ccc(OCc3ccccc3)cc2O)cc1. The van der Waals surface area contributed by atoms with E-state index < -0.39 is 63.6 Å². The van der Waals surface area contributed by atoms with Gasteiger partial charge in [-0.25, -0.2) is 4.90 Å². The number of anilines is 2. The number of aromatic hydroxyl groups is 1.